The molecule has 120 valence electrons. The maximum absolute atomic E-state index is 14.0. The minimum Gasteiger partial charge on any atom is -0.507 e. The van der Waals surface area contributed by atoms with Crippen LogP contribution in [-0.4, -0.2) is 28.4 Å². The number of phenols is 1. The second-order valence-electron chi connectivity index (χ2n) is 4.87. The summed E-state index contributed by atoms with van der Waals surface area (Å²) in [6, 6.07) is 9.13. The standard InChI is InChI=1S/C17H15F2NO3/c18-11-7-8-15(21)13(10-11)17(20-9-3-6-16(22)23)12-4-1-2-5-14(12)19/h1-2,4-5,7-8,10,21H,3,6,9H2,(H,22,23). The lowest BCUT2D eigenvalue weighted by Crippen LogP contribution is -2.08. The van der Waals surface area contributed by atoms with Crippen LogP contribution >= 0.6 is 0 Å². The Kier molecular flexibility index (Phi) is 5.41. The van der Waals surface area contributed by atoms with E-state index in [1.807, 2.05) is 0 Å². The molecule has 2 N–H and O–H groups in total. The number of carbonyl (C=O) groups is 1. The predicted molar refractivity (Wildman–Crippen MR) is 81.8 cm³/mol. The van der Waals surface area contributed by atoms with Gasteiger partial charge in [0.25, 0.3) is 0 Å². The van der Waals surface area contributed by atoms with Crippen molar-refractivity contribution < 1.29 is 23.8 Å². The molecule has 2 rings (SSSR count). The minimum atomic E-state index is -0.957. The van der Waals surface area contributed by atoms with E-state index in [-0.39, 0.29) is 42.0 Å². The van der Waals surface area contributed by atoms with Crippen LogP contribution in [0.1, 0.15) is 24.0 Å². The van der Waals surface area contributed by atoms with Gasteiger partial charge in [-0.25, -0.2) is 8.78 Å². The third kappa shape index (κ3) is 4.35. The molecule has 0 saturated carbocycles. The molecule has 23 heavy (non-hydrogen) atoms. The normalized spacial score (nSPS) is 11.5. The molecule has 0 bridgehead atoms. The maximum atomic E-state index is 14.0. The number of aromatic hydroxyl groups is 1. The molecule has 0 aromatic heterocycles. The monoisotopic (exact) mass is 319 g/mol. The summed E-state index contributed by atoms with van der Waals surface area (Å²) in [6.07, 6.45) is 0.173. The highest BCUT2D eigenvalue weighted by molar-refractivity contribution is 6.14. The maximum Gasteiger partial charge on any atom is 0.303 e. The van der Waals surface area contributed by atoms with E-state index in [1.165, 1.54) is 18.2 Å². The molecule has 0 spiro atoms. The highest BCUT2D eigenvalue weighted by Gasteiger charge is 2.16. The smallest absolute Gasteiger partial charge is 0.303 e. The van der Waals surface area contributed by atoms with E-state index < -0.39 is 17.6 Å². The molecule has 0 heterocycles. The number of benzene rings is 2. The van der Waals surface area contributed by atoms with Gasteiger partial charge in [0.2, 0.25) is 0 Å². The van der Waals surface area contributed by atoms with E-state index in [1.54, 1.807) is 6.07 Å². The Labute approximate surface area is 131 Å². The van der Waals surface area contributed by atoms with Crippen LogP contribution in [0.5, 0.6) is 5.75 Å². The molecular weight excluding hydrogens is 304 g/mol. The summed E-state index contributed by atoms with van der Waals surface area (Å²) in [5, 5.41) is 18.6. The highest BCUT2D eigenvalue weighted by atomic mass is 19.1. The summed E-state index contributed by atoms with van der Waals surface area (Å²) in [5.41, 5.74) is 0.264. The first-order valence-corrected chi connectivity index (χ1v) is 6.99. The van der Waals surface area contributed by atoms with Crippen molar-refractivity contribution in [3.05, 3.63) is 65.2 Å². The molecule has 0 amide bonds. The van der Waals surface area contributed by atoms with Crippen LogP contribution in [0.2, 0.25) is 0 Å². The van der Waals surface area contributed by atoms with Gasteiger partial charge in [-0.05, 0) is 36.8 Å². The Morgan fingerprint density at radius 2 is 1.83 bits per heavy atom. The number of aliphatic carboxylic acids is 1. The summed E-state index contributed by atoms with van der Waals surface area (Å²) in [6.45, 7) is 0.117. The Bertz CT molecular complexity index is 744. The van der Waals surface area contributed by atoms with Gasteiger partial charge in [-0.15, -0.1) is 0 Å². The third-order valence-corrected chi connectivity index (χ3v) is 3.16. The molecule has 0 aliphatic carbocycles. The molecule has 2 aromatic rings. The van der Waals surface area contributed by atoms with E-state index in [2.05, 4.69) is 4.99 Å². The molecule has 0 unspecified atom stereocenters. The lowest BCUT2D eigenvalue weighted by molar-refractivity contribution is -0.137. The van der Waals surface area contributed by atoms with E-state index >= 15 is 0 Å². The van der Waals surface area contributed by atoms with Crippen molar-refractivity contribution >= 4 is 11.7 Å². The summed E-state index contributed by atoms with van der Waals surface area (Å²) in [7, 11) is 0. The van der Waals surface area contributed by atoms with Crippen LogP contribution in [0, 0.1) is 11.6 Å². The van der Waals surface area contributed by atoms with Crippen molar-refractivity contribution in [2.45, 2.75) is 12.8 Å². The summed E-state index contributed by atoms with van der Waals surface area (Å²) >= 11 is 0. The first-order valence-electron chi connectivity index (χ1n) is 6.99. The Hall–Kier alpha value is -2.76. The van der Waals surface area contributed by atoms with Crippen molar-refractivity contribution in [1.82, 2.24) is 0 Å². The number of carboxylic acids is 1. The average Bonchev–Trinajstić information content (AvgIpc) is 2.51. The van der Waals surface area contributed by atoms with E-state index in [9.17, 15) is 18.7 Å². The lowest BCUT2D eigenvalue weighted by atomic mass is 10.0. The van der Waals surface area contributed by atoms with Crippen LogP contribution in [0.4, 0.5) is 8.78 Å². The number of carboxylic acid groups (broad SMARTS) is 1. The van der Waals surface area contributed by atoms with Crippen molar-refractivity contribution in [2.24, 2.45) is 4.99 Å². The molecule has 2 aromatic carbocycles. The SMILES string of the molecule is O=C(O)CCCN=C(c1cc(F)ccc1O)c1ccccc1F. The van der Waals surface area contributed by atoms with Gasteiger partial charge in [0.15, 0.2) is 0 Å². The summed E-state index contributed by atoms with van der Waals surface area (Å²) in [4.78, 5) is 14.7. The van der Waals surface area contributed by atoms with Crippen LogP contribution in [0.25, 0.3) is 0 Å². The van der Waals surface area contributed by atoms with E-state index in [0.29, 0.717) is 0 Å². The zero-order valence-electron chi connectivity index (χ0n) is 12.2. The number of phenolic OH excluding ortho intramolecular Hbond substituents is 1. The van der Waals surface area contributed by atoms with Gasteiger partial charge in [0.1, 0.15) is 17.4 Å². The topological polar surface area (TPSA) is 69.9 Å². The van der Waals surface area contributed by atoms with Gasteiger partial charge in [0, 0.05) is 24.1 Å². The first-order chi connectivity index (χ1) is 11.0. The van der Waals surface area contributed by atoms with E-state index in [4.69, 9.17) is 5.11 Å². The summed E-state index contributed by atoms with van der Waals surface area (Å²) < 4.78 is 27.5. The van der Waals surface area contributed by atoms with Gasteiger partial charge in [0.05, 0.1) is 5.71 Å². The predicted octanol–water partition coefficient (Wildman–Crippen LogP) is 3.37. The molecule has 0 radical (unpaired) electrons. The van der Waals surface area contributed by atoms with Crippen molar-refractivity contribution in [1.29, 1.82) is 0 Å². The van der Waals surface area contributed by atoms with Crippen molar-refractivity contribution in [3.8, 4) is 5.75 Å². The zero-order valence-corrected chi connectivity index (χ0v) is 12.2. The number of rotatable bonds is 6. The zero-order chi connectivity index (χ0) is 16.8. The highest BCUT2D eigenvalue weighted by Crippen LogP contribution is 2.23. The van der Waals surface area contributed by atoms with Crippen LogP contribution in [0.15, 0.2) is 47.5 Å². The van der Waals surface area contributed by atoms with Crippen LogP contribution in [0.3, 0.4) is 0 Å². The molecule has 0 aliphatic heterocycles. The molecular formula is C17H15F2NO3. The fraction of sp³-hybridized carbons (Fsp3) is 0.176. The van der Waals surface area contributed by atoms with Crippen LogP contribution < -0.4 is 0 Å². The number of hydrogen-bond donors (Lipinski definition) is 2. The van der Waals surface area contributed by atoms with Gasteiger partial charge in [-0.3, -0.25) is 9.79 Å². The fourth-order valence-electron chi connectivity index (χ4n) is 2.09. The quantitative estimate of drug-likeness (QED) is 0.633. The molecule has 0 fully saturated rings. The largest absolute Gasteiger partial charge is 0.507 e. The number of aliphatic imine (C=N–C) groups is 1. The Morgan fingerprint density at radius 1 is 1.09 bits per heavy atom. The van der Waals surface area contributed by atoms with Gasteiger partial charge in [-0.1, -0.05) is 12.1 Å². The molecule has 0 aliphatic rings. The molecule has 4 nitrogen and oxygen atoms in total. The second kappa shape index (κ2) is 7.49. The molecule has 0 saturated heterocycles. The number of halogens is 2. The number of hydrogen-bond acceptors (Lipinski definition) is 3. The molecule has 0 atom stereocenters. The Morgan fingerprint density at radius 3 is 2.52 bits per heavy atom. The second-order valence-corrected chi connectivity index (χ2v) is 4.87. The van der Waals surface area contributed by atoms with E-state index in [0.717, 1.165) is 18.2 Å². The third-order valence-electron chi connectivity index (χ3n) is 3.16. The van der Waals surface area contributed by atoms with Gasteiger partial charge in [-0.2, -0.15) is 0 Å². The fourth-order valence-corrected chi connectivity index (χ4v) is 2.09. The Balaban J connectivity index is 2.43. The van der Waals surface area contributed by atoms with Crippen LogP contribution in [-0.2, 0) is 4.79 Å². The number of nitrogens with zero attached hydrogens (tertiary/aromatic N) is 1. The van der Waals surface area contributed by atoms with Gasteiger partial charge < -0.3 is 10.2 Å². The molecule has 6 heteroatoms. The minimum absolute atomic E-state index is 0.0606. The lowest BCUT2D eigenvalue weighted by Gasteiger charge is -2.10. The van der Waals surface area contributed by atoms with Crippen molar-refractivity contribution in [3.63, 3.8) is 0 Å². The van der Waals surface area contributed by atoms with Crippen molar-refractivity contribution in [2.75, 3.05) is 6.54 Å². The average molecular weight is 319 g/mol. The first kappa shape index (κ1) is 16.6. The van der Waals surface area contributed by atoms with Gasteiger partial charge >= 0.3 is 5.97 Å². The summed E-state index contributed by atoms with van der Waals surface area (Å²) in [5.74, 6) is -2.34.